The average molecular weight is 307 g/mol. The van der Waals surface area contributed by atoms with E-state index in [1.54, 1.807) is 6.92 Å². The topological polar surface area (TPSA) is 107 Å². The summed E-state index contributed by atoms with van der Waals surface area (Å²) in [5, 5.41) is 10.8. The van der Waals surface area contributed by atoms with Crippen molar-refractivity contribution in [1.82, 2.24) is 9.62 Å². The fraction of sp³-hybridized carbons (Fsp3) is 0.308. The molecule has 1 heterocycles. The zero-order chi connectivity index (χ0) is 15.6. The molecular formula is C13H13N3O4S. The molecular weight excluding hydrogens is 294 g/mol. The summed E-state index contributed by atoms with van der Waals surface area (Å²) in [7, 11) is -3.97. The van der Waals surface area contributed by atoms with Crippen LogP contribution >= 0.6 is 0 Å². The summed E-state index contributed by atoms with van der Waals surface area (Å²) < 4.78 is 26.0. The van der Waals surface area contributed by atoms with Crippen molar-refractivity contribution in [3.8, 4) is 6.07 Å². The number of sulfonamides is 1. The smallest absolute Gasteiger partial charge is 0.245 e. The van der Waals surface area contributed by atoms with Crippen LogP contribution in [0.15, 0.2) is 29.2 Å². The van der Waals surface area contributed by atoms with Gasteiger partial charge in [0.15, 0.2) is 0 Å². The minimum Gasteiger partial charge on any atom is -0.294 e. The molecule has 1 aromatic rings. The number of amides is 2. The lowest BCUT2D eigenvalue weighted by Gasteiger charge is -2.32. The predicted molar refractivity (Wildman–Crippen MR) is 72.3 cm³/mol. The molecule has 1 aliphatic rings. The zero-order valence-corrected chi connectivity index (χ0v) is 12.1. The van der Waals surface area contributed by atoms with Gasteiger partial charge < -0.3 is 0 Å². The maximum absolute atomic E-state index is 12.6. The molecule has 0 aliphatic carbocycles. The largest absolute Gasteiger partial charge is 0.294 e. The molecule has 8 heteroatoms. The normalized spacial score (nSPS) is 19.9. The van der Waals surface area contributed by atoms with Crippen LogP contribution in [0.4, 0.5) is 0 Å². The van der Waals surface area contributed by atoms with Gasteiger partial charge in [0, 0.05) is 0 Å². The minimum atomic E-state index is -3.97. The standard InChI is InChI=1S/C13H13N3O4S/c1-2-11-13(18)15-12(17)8-16(11)21(19,20)10-5-3-9(7-14)4-6-10/h3-6,11H,2,8H2,1H3,(H,15,17,18). The summed E-state index contributed by atoms with van der Waals surface area (Å²) in [5.41, 5.74) is 0.327. The van der Waals surface area contributed by atoms with Crippen LogP contribution in [-0.2, 0) is 19.6 Å². The highest BCUT2D eigenvalue weighted by atomic mass is 32.2. The Hall–Kier alpha value is -2.24. The second-order valence-corrected chi connectivity index (χ2v) is 6.41. The second-order valence-electron chi connectivity index (χ2n) is 4.52. The Bertz CT molecular complexity index is 719. The third-order valence-electron chi connectivity index (χ3n) is 3.19. The van der Waals surface area contributed by atoms with Crippen molar-refractivity contribution in [2.24, 2.45) is 0 Å². The number of hydrogen-bond acceptors (Lipinski definition) is 5. The fourth-order valence-corrected chi connectivity index (χ4v) is 3.74. The van der Waals surface area contributed by atoms with Crippen LogP contribution in [0.25, 0.3) is 0 Å². The maximum atomic E-state index is 12.6. The summed E-state index contributed by atoms with van der Waals surface area (Å²) in [6, 6.07) is 6.31. The van der Waals surface area contributed by atoms with Crippen LogP contribution in [0.3, 0.4) is 0 Å². The van der Waals surface area contributed by atoms with Crippen LogP contribution in [0.5, 0.6) is 0 Å². The quantitative estimate of drug-likeness (QED) is 0.790. The van der Waals surface area contributed by atoms with Gasteiger partial charge in [0.1, 0.15) is 6.04 Å². The SMILES string of the molecule is CCC1C(=O)NC(=O)CN1S(=O)(=O)c1ccc(C#N)cc1. The molecule has 0 spiro atoms. The molecule has 110 valence electrons. The highest BCUT2D eigenvalue weighted by Gasteiger charge is 2.40. The van der Waals surface area contributed by atoms with Crippen LogP contribution in [0, 0.1) is 11.3 Å². The van der Waals surface area contributed by atoms with Crippen LogP contribution in [0.1, 0.15) is 18.9 Å². The van der Waals surface area contributed by atoms with Crippen LogP contribution in [-0.4, -0.2) is 37.1 Å². The number of nitrogens with one attached hydrogen (secondary N) is 1. The molecule has 1 unspecified atom stereocenters. The van der Waals surface area contributed by atoms with E-state index in [1.807, 2.05) is 6.07 Å². The molecule has 0 aromatic heterocycles. The van der Waals surface area contributed by atoms with Gasteiger partial charge in [0.25, 0.3) is 0 Å². The van der Waals surface area contributed by atoms with E-state index < -0.39 is 34.4 Å². The number of rotatable bonds is 3. The highest BCUT2D eigenvalue weighted by Crippen LogP contribution is 2.21. The molecule has 21 heavy (non-hydrogen) atoms. The Labute approximate surface area is 122 Å². The maximum Gasteiger partial charge on any atom is 0.245 e. The van der Waals surface area contributed by atoms with Gasteiger partial charge in [-0.05, 0) is 30.7 Å². The third-order valence-corrected chi connectivity index (χ3v) is 5.06. The molecule has 0 radical (unpaired) electrons. The lowest BCUT2D eigenvalue weighted by atomic mass is 10.2. The Morgan fingerprint density at radius 3 is 2.48 bits per heavy atom. The number of hydrogen-bond donors (Lipinski definition) is 1. The molecule has 2 rings (SSSR count). The van der Waals surface area contributed by atoms with Gasteiger partial charge in [-0.25, -0.2) is 8.42 Å². The first kappa shape index (κ1) is 15.2. The van der Waals surface area contributed by atoms with Gasteiger partial charge >= 0.3 is 0 Å². The summed E-state index contributed by atoms with van der Waals surface area (Å²) in [4.78, 5) is 23.1. The van der Waals surface area contributed by atoms with Gasteiger partial charge in [-0.1, -0.05) is 6.92 Å². The van der Waals surface area contributed by atoms with Gasteiger partial charge in [-0.3, -0.25) is 14.9 Å². The van der Waals surface area contributed by atoms with E-state index in [4.69, 9.17) is 5.26 Å². The lowest BCUT2D eigenvalue weighted by molar-refractivity contribution is -0.137. The number of benzene rings is 1. The molecule has 1 N–H and O–H groups in total. The van der Waals surface area contributed by atoms with E-state index in [1.165, 1.54) is 24.3 Å². The van der Waals surface area contributed by atoms with Crippen molar-refractivity contribution in [3.05, 3.63) is 29.8 Å². The first-order valence-corrected chi connectivity index (χ1v) is 7.70. The highest BCUT2D eigenvalue weighted by molar-refractivity contribution is 7.89. The zero-order valence-electron chi connectivity index (χ0n) is 11.2. The second kappa shape index (κ2) is 5.63. The van der Waals surface area contributed by atoms with Crippen molar-refractivity contribution in [2.45, 2.75) is 24.3 Å². The monoisotopic (exact) mass is 307 g/mol. The molecule has 2 amide bonds. The van der Waals surface area contributed by atoms with E-state index in [0.29, 0.717) is 5.56 Å². The number of nitrogens with zero attached hydrogens (tertiary/aromatic N) is 2. The number of carbonyl (C=O) groups is 2. The Morgan fingerprint density at radius 2 is 1.95 bits per heavy atom. The van der Waals surface area contributed by atoms with Gasteiger partial charge in [0.05, 0.1) is 23.1 Å². The molecule has 0 saturated carbocycles. The van der Waals surface area contributed by atoms with Crippen molar-refractivity contribution < 1.29 is 18.0 Å². The first-order valence-electron chi connectivity index (χ1n) is 6.26. The Kier molecular flexibility index (Phi) is 4.06. The summed E-state index contributed by atoms with van der Waals surface area (Å²) in [6.07, 6.45) is 0.259. The van der Waals surface area contributed by atoms with E-state index >= 15 is 0 Å². The van der Waals surface area contributed by atoms with E-state index in [-0.39, 0.29) is 11.3 Å². The molecule has 7 nitrogen and oxygen atoms in total. The van der Waals surface area contributed by atoms with Crippen molar-refractivity contribution >= 4 is 21.8 Å². The van der Waals surface area contributed by atoms with Gasteiger partial charge in [-0.15, -0.1) is 0 Å². The van der Waals surface area contributed by atoms with E-state index in [0.717, 1.165) is 4.31 Å². The summed E-state index contributed by atoms with van der Waals surface area (Å²) in [5.74, 6) is -1.27. The van der Waals surface area contributed by atoms with Crippen LogP contribution < -0.4 is 5.32 Å². The first-order chi connectivity index (χ1) is 9.90. The number of imide groups is 1. The van der Waals surface area contributed by atoms with Crippen molar-refractivity contribution in [3.63, 3.8) is 0 Å². The minimum absolute atomic E-state index is 0.0533. The summed E-state index contributed by atoms with van der Waals surface area (Å²) in [6.45, 7) is 1.27. The molecule has 0 bridgehead atoms. The van der Waals surface area contributed by atoms with Crippen molar-refractivity contribution in [1.29, 1.82) is 5.26 Å². The van der Waals surface area contributed by atoms with E-state index in [9.17, 15) is 18.0 Å². The number of piperazine rings is 1. The lowest BCUT2D eigenvalue weighted by Crippen LogP contribution is -2.59. The van der Waals surface area contributed by atoms with Crippen molar-refractivity contribution in [2.75, 3.05) is 6.54 Å². The Morgan fingerprint density at radius 1 is 1.33 bits per heavy atom. The third kappa shape index (κ3) is 2.79. The summed E-state index contributed by atoms with van der Waals surface area (Å²) >= 11 is 0. The molecule has 1 aliphatic heterocycles. The number of carbonyl (C=O) groups excluding carboxylic acids is 2. The number of nitriles is 1. The average Bonchev–Trinajstić information content (AvgIpc) is 2.46. The van der Waals surface area contributed by atoms with Gasteiger partial charge in [-0.2, -0.15) is 9.57 Å². The van der Waals surface area contributed by atoms with Crippen LogP contribution in [0.2, 0.25) is 0 Å². The molecule has 1 fully saturated rings. The van der Waals surface area contributed by atoms with E-state index in [2.05, 4.69) is 5.32 Å². The fourth-order valence-electron chi connectivity index (χ4n) is 2.12. The molecule has 1 saturated heterocycles. The predicted octanol–water partition coefficient (Wildman–Crippen LogP) is -0.0160. The van der Waals surface area contributed by atoms with Gasteiger partial charge in [0.2, 0.25) is 21.8 Å². The molecule has 1 aromatic carbocycles. The Balaban J connectivity index is 2.43. The molecule has 1 atom stereocenters.